The average Bonchev–Trinajstić information content (AvgIpc) is 2.49. The zero-order valence-corrected chi connectivity index (χ0v) is 11.6. The Morgan fingerprint density at radius 3 is 1.82 bits per heavy atom. The quantitative estimate of drug-likeness (QED) is 0.531. The third-order valence-corrected chi connectivity index (χ3v) is 2.64. The van der Waals surface area contributed by atoms with Gasteiger partial charge in [0.2, 0.25) is 0 Å². The van der Waals surface area contributed by atoms with Gasteiger partial charge < -0.3 is 14.6 Å². The van der Waals surface area contributed by atoms with Crippen molar-refractivity contribution in [1.82, 2.24) is 0 Å². The molecule has 0 heterocycles. The predicted octanol–water partition coefficient (Wildman–Crippen LogP) is 2.31. The highest BCUT2D eigenvalue weighted by atomic mass is 16.6. The Hall–Kier alpha value is -3.15. The second kappa shape index (κ2) is 6.53. The number of hydrogen-bond acceptors (Lipinski definition) is 6. The summed E-state index contributed by atoms with van der Waals surface area (Å²) < 4.78 is 9.53. The number of carbonyl (C=O) groups is 3. The Kier molecular flexibility index (Phi) is 4.53. The van der Waals surface area contributed by atoms with Gasteiger partial charge in [0, 0.05) is 6.92 Å². The summed E-state index contributed by atoms with van der Waals surface area (Å²) in [5.41, 5.74) is 0.379. The van der Waals surface area contributed by atoms with Crippen LogP contribution in [0.3, 0.4) is 0 Å². The van der Waals surface area contributed by atoms with E-state index in [0.29, 0.717) is 0 Å². The zero-order chi connectivity index (χ0) is 16.1. The van der Waals surface area contributed by atoms with Crippen LogP contribution >= 0.6 is 0 Å². The standard InChI is InChI=1S/C16H12O6/c1-10(17)21-15(19)11-2-4-12(5-3-11)16(20)22-14-8-6-13(18)7-9-14/h2-9,18H,1H3. The minimum atomic E-state index is -0.786. The topological polar surface area (TPSA) is 89.9 Å². The Balaban J connectivity index is 2.06. The van der Waals surface area contributed by atoms with Crippen molar-refractivity contribution in [2.75, 3.05) is 0 Å². The van der Waals surface area contributed by atoms with E-state index in [4.69, 9.17) is 9.84 Å². The number of phenolic OH excluding ortho intramolecular Hbond substituents is 1. The number of ether oxygens (including phenoxy) is 2. The molecular weight excluding hydrogens is 288 g/mol. The van der Waals surface area contributed by atoms with Gasteiger partial charge in [0.25, 0.3) is 0 Å². The highest BCUT2D eigenvalue weighted by Crippen LogP contribution is 2.17. The number of hydrogen-bond donors (Lipinski definition) is 1. The van der Waals surface area contributed by atoms with Crippen LogP contribution in [0.5, 0.6) is 11.5 Å². The Morgan fingerprint density at radius 2 is 1.32 bits per heavy atom. The Morgan fingerprint density at radius 1 is 0.818 bits per heavy atom. The van der Waals surface area contributed by atoms with Crippen LogP contribution in [0.1, 0.15) is 27.6 Å². The lowest BCUT2D eigenvalue weighted by Gasteiger charge is -2.05. The molecule has 2 aromatic rings. The van der Waals surface area contributed by atoms with Crippen LogP contribution in [-0.4, -0.2) is 23.0 Å². The van der Waals surface area contributed by atoms with E-state index in [2.05, 4.69) is 4.74 Å². The van der Waals surface area contributed by atoms with Gasteiger partial charge in [-0.15, -0.1) is 0 Å². The van der Waals surface area contributed by atoms with Crippen molar-refractivity contribution in [3.8, 4) is 11.5 Å². The normalized spacial score (nSPS) is 9.86. The fourth-order valence-corrected chi connectivity index (χ4v) is 1.61. The number of aromatic hydroxyl groups is 1. The van der Waals surface area contributed by atoms with E-state index in [9.17, 15) is 14.4 Å². The molecule has 6 nitrogen and oxygen atoms in total. The number of rotatable bonds is 3. The van der Waals surface area contributed by atoms with Crippen LogP contribution < -0.4 is 4.74 Å². The van der Waals surface area contributed by atoms with Gasteiger partial charge in [-0.2, -0.15) is 0 Å². The predicted molar refractivity (Wildman–Crippen MR) is 75.6 cm³/mol. The molecule has 1 N–H and O–H groups in total. The monoisotopic (exact) mass is 300 g/mol. The SMILES string of the molecule is CC(=O)OC(=O)c1ccc(C(=O)Oc2ccc(O)cc2)cc1. The van der Waals surface area contributed by atoms with Gasteiger partial charge in [0.05, 0.1) is 11.1 Å². The lowest BCUT2D eigenvalue weighted by Crippen LogP contribution is -2.11. The number of benzene rings is 2. The molecule has 0 atom stereocenters. The molecule has 0 spiro atoms. The van der Waals surface area contributed by atoms with Crippen LogP contribution in [0.2, 0.25) is 0 Å². The van der Waals surface area contributed by atoms with E-state index in [-0.39, 0.29) is 22.6 Å². The highest BCUT2D eigenvalue weighted by Gasteiger charge is 2.13. The van der Waals surface area contributed by atoms with E-state index in [1.54, 1.807) is 0 Å². The van der Waals surface area contributed by atoms with Crippen molar-refractivity contribution in [3.63, 3.8) is 0 Å². The number of carbonyl (C=O) groups excluding carboxylic acids is 3. The van der Waals surface area contributed by atoms with Crippen LogP contribution in [0.25, 0.3) is 0 Å². The van der Waals surface area contributed by atoms with Gasteiger partial charge in [-0.25, -0.2) is 9.59 Å². The fraction of sp³-hybridized carbons (Fsp3) is 0.0625. The summed E-state index contributed by atoms with van der Waals surface area (Å²) in [5.74, 6) is -1.76. The van der Waals surface area contributed by atoms with E-state index in [1.165, 1.54) is 48.5 Å². The van der Waals surface area contributed by atoms with E-state index in [1.807, 2.05) is 0 Å². The molecule has 6 heteroatoms. The largest absolute Gasteiger partial charge is 0.508 e. The fourth-order valence-electron chi connectivity index (χ4n) is 1.61. The van der Waals surface area contributed by atoms with Crippen molar-refractivity contribution in [3.05, 3.63) is 59.7 Å². The second-order valence-corrected chi connectivity index (χ2v) is 4.34. The first-order chi connectivity index (χ1) is 10.5. The summed E-state index contributed by atoms with van der Waals surface area (Å²) >= 11 is 0. The summed E-state index contributed by atoms with van der Waals surface area (Å²) in [4.78, 5) is 34.1. The van der Waals surface area contributed by atoms with Gasteiger partial charge in [0.1, 0.15) is 11.5 Å². The first-order valence-corrected chi connectivity index (χ1v) is 6.30. The van der Waals surface area contributed by atoms with Gasteiger partial charge in [-0.1, -0.05) is 0 Å². The Bertz CT molecular complexity index is 700. The van der Waals surface area contributed by atoms with E-state index >= 15 is 0 Å². The van der Waals surface area contributed by atoms with Crippen molar-refractivity contribution < 1.29 is 29.0 Å². The van der Waals surface area contributed by atoms with Crippen molar-refractivity contribution in [2.45, 2.75) is 6.92 Å². The number of phenols is 1. The van der Waals surface area contributed by atoms with Gasteiger partial charge in [-0.3, -0.25) is 4.79 Å². The van der Waals surface area contributed by atoms with Crippen LogP contribution in [0, 0.1) is 0 Å². The molecule has 112 valence electrons. The first-order valence-electron chi connectivity index (χ1n) is 6.30. The average molecular weight is 300 g/mol. The maximum Gasteiger partial charge on any atom is 0.345 e. The molecule has 0 aliphatic carbocycles. The summed E-state index contributed by atoms with van der Waals surface area (Å²) in [5, 5.41) is 9.14. The molecule has 0 amide bonds. The molecule has 0 saturated carbocycles. The molecule has 0 aliphatic heterocycles. The molecular formula is C16H12O6. The lowest BCUT2D eigenvalue weighted by atomic mass is 10.1. The highest BCUT2D eigenvalue weighted by molar-refractivity contribution is 5.97. The third kappa shape index (κ3) is 3.92. The van der Waals surface area contributed by atoms with Gasteiger partial charge >= 0.3 is 17.9 Å². The van der Waals surface area contributed by atoms with E-state index in [0.717, 1.165) is 6.92 Å². The molecule has 0 fully saturated rings. The van der Waals surface area contributed by atoms with Crippen molar-refractivity contribution >= 4 is 17.9 Å². The summed E-state index contributed by atoms with van der Waals surface area (Å²) in [6, 6.07) is 11.2. The molecule has 2 rings (SSSR count). The van der Waals surface area contributed by atoms with Crippen LogP contribution in [0.4, 0.5) is 0 Å². The van der Waals surface area contributed by atoms with Crippen LogP contribution in [0.15, 0.2) is 48.5 Å². The minimum absolute atomic E-state index is 0.0631. The first kappa shape index (κ1) is 15.2. The molecule has 0 aromatic heterocycles. The maximum absolute atomic E-state index is 11.9. The smallest absolute Gasteiger partial charge is 0.345 e. The molecule has 0 bridgehead atoms. The third-order valence-electron chi connectivity index (χ3n) is 2.64. The molecule has 0 radical (unpaired) electrons. The van der Waals surface area contributed by atoms with Crippen molar-refractivity contribution in [2.24, 2.45) is 0 Å². The Labute approximate surface area is 125 Å². The molecule has 22 heavy (non-hydrogen) atoms. The summed E-state index contributed by atoms with van der Waals surface area (Å²) in [7, 11) is 0. The minimum Gasteiger partial charge on any atom is -0.508 e. The van der Waals surface area contributed by atoms with Gasteiger partial charge in [0.15, 0.2) is 0 Å². The second-order valence-electron chi connectivity index (χ2n) is 4.34. The van der Waals surface area contributed by atoms with Crippen molar-refractivity contribution in [1.29, 1.82) is 0 Å². The lowest BCUT2D eigenvalue weighted by molar-refractivity contribution is -0.135. The zero-order valence-electron chi connectivity index (χ0n) is 11.6. The van der Waals surface area contributed by atoms with Gasteiger partial charge in [-0.05, 0) is 48.5 Å². The van der Waals surface area contributed by atoms with Crippen LogP contribution in [-0.2, 0) is 9.53 Å². The molecule has 2 aromatic carbocycles. The molecule has 0 unspecified atom stereocenters. The number of esters is 3. The molecule has 0 saturated heterocycles. The van der Waals surface area contributed by atoms with E-state index < -0.39 is 17.9 Å². The summed E-state index contributed by atoms with van der Waals surface area (Å²) in [6.45, 7) is 1.13. The summed E-state index contributed by atoms with van der Waals surface area (Å²) in [6.07, 6.45) is 0. The molecule has 0 aliphatic rings. The maximum atomic E-state index is 11.9.